The van der Waals surface area contributed by atoms with E-state index in [0.717, 1.165) is 11.9 Å². The van der Waals surface area contributed by atoms with E-state index in [0.29, 0.717) is 16.4 Å². The summed E-state index contributed by atoms with van der Waals surface area (Å²) in [5.41, 5.74) is -0.0868. The van der Waals surface area contributed by atoms with Crippen molar-refractivity contribution in [2.24, 2.45) is 0 Å². The molecule has 136 valence electrons. The number of hydrogen-bond acceptors (Lipinski definition) is 7. The van der Waals surface area contributed by atoms with Gasteiger partial charge < -0.3 is 14.2 Å². The molecule has 1 aliphatic rings. The van der Waals surface area contributed by atoms with E-state index in [1.54, 1.807) is 50.2 Å². The quantitative estimate of drug-likeness (QED) is 0.448. The molecule has 0 spiro atoms. The molecular formula is C17H16N2O6S. The Morgan fingerprint density at radius 1 is 1.19 bits per heavy atom. The Labute approximate surface area is 153 Å². The summed E-state index contributed by atoms with van der Waals surface area (Å²) in [7, 11) is 1.47. The summed E-state index contributed by atoms with van der Waals surface area (Å²) in [4.78, 5) is 23.3. The van der Waals surface area contributed by atoms with Crippen LogP contribution in [0.4, 0.5) is 10.5 Å². The van der Waals surface area contributed by atoms with E-state index in [2.05, 4.69) is 0 Å². The van der Waals surface area contributed by atoms with E-state index in [-0.39, 0.29) is 11.4 Å². The summed E-state index contributed by atoms with van der Waals surface area (Å²) in [6.45, 7) is 3.49. The molecule has 9 heteroatoms. The van der Waals surface area contributed by atoms with Crippen molar-refractivity contribution in [3.63, 3.8) is 0 Å². The summed E-state index contributed by atoms with van der Waals surface area (Å²) in [5.74, 6) is 0.188. The third kappa shape index (κ3) is 3.67. The molecule has 8 nitrogen and oxygen atoms in total. The van der Waals surface area contributed by atoms with Crippen LogP contribution < -0.4 is 14.2 Å². The summed E-state index contributed by atoms with van der Waals surface area (Å²) < 4.78 is 17.8. The van der Waals surface area contributed by atoms with E-state index >= 15 is 0 Å². The Morgan fingerprint density at radius 2 is 1.92 bits per heavy atom. The van der Waals surface area contributed by atoms with Crippen LogP contribution in [0, 0.1) is 10.1 Å². The minimum atomic E-state index is -0.851. The molecule has 0 unspecified atom stereocenters. The first-order valence-electron chi connectivity index (χ1n) is 7.65. The fraction of sp³-hybridized carbons (Fsp3) is 0.235. The number of carbonyl (C=O) groups excluding carboxylic acids is 1. The molecule has 0 N–H and O–H groups in total. The molecule has 3 rings (SSSR count). The molecule has 26 heavy (non-hydrogen) atoms. The normalized spacial score (nSPS) is 14.0. The van der Waals surface area contributed by atoms with Gasteiger partial charge in [-0.25, -0.2) is 9.10 Å². The van der Waals surface area contributed by atoms with Crippen LogP contribution in [0.1, 0.15) is 13.8 Å². The lowest BCUT2D eigenvalue weighted by atomic mass is 10.3. The van der Waals surface area contributed by atoms with Gasteiger partial charge in [0, 0.05) is 27.0 Å². The predicted molar refractivity (Wildman–Crippen MR) is 94.5 cm³/mol. The highest BCUT2D eigenvalue weighted by molar-refractivity contribution is 7.97. The Morgan fingerprint density at radius 3 is 2.65 bits per heavy atom. The zero-order chi connectivity index (χ0) is 18.9. The molecule has 1 heterocycles. The van der Waals surface area contributed by atoms with Crippen LogP contribution in [0.3, 0.4) is 0 Å². The highest BCUT2D eigenvalue weighted by Crippen LogP contribution is 2.46. The van der Waals surface area contributed by atoms with Crippen LogP contribution in [-0.4, -0.2) is 28.2 Å². The zero-order valence-corrected chi connectivity index (χ0v) is 15.1. The third-order valence-corrected chi connectivity index (χ3v) is 4.36. The molecule has 0 fully saturated rings. The molecule has 0 aliphatic carbocycles. The molecule has 0 bridgehead atoms. The second kappa shape index (κ2) is 6.75. The van der Waals surface area contributed by atoms with Crippen molar-refractivity contribution in [3.8, 4) is 17.2 Å². The number of para-hydroxylation sites is 2. The average Bonchev–Trinajstić information content (AvgIpc) is 2.90. The monoisotopic (exact) mass is 376 g/mol. The maximum absolute atomic E-state index is 12.4. The number of amides is 1. The number of benzene rings is 2. The van der Waals surface area contributed by atoms with Crippen molar-refractivity contribution < 1.29 is 23.9 Å². The highest BCUT2D eigenvalue weighted by atomic mass is 32.2. The Bertz CT molecular complexity index is 870. The number of nitro benzene ring substituents is 1. The first-order chi connectivity index (χ1) is 12.3. The van der Waals surface area contributed by atoms with Gasteiger partial charge in [0.2, 0.25) is 11.5 Å². The van der Waals surface area contributed by atoms with Crippen LogP contribution in [0.5, 0.6) is 17.2 Å². The number of nitrogens with zero attached hydrogens (tertiary/aromatic N) is 2. The van der Waals surface area contributed by atoms with Crippen molar-refractivity contribution >= 4 is 23.7 Å². The summed E-state index contributed by atoms with van der Waals surface area (Å²) >= 11 is 0.904. The highest BCUT2D eigenvalue weighted by Gasteiger charge is 2.35. The average molecular weight is 376 g/mol. The number of ether oxygens (including phenoxy) is 3. The number of nitro groups is 1. The second-order valence-corrected chi connectivity index (χ2v) is 7.04. The van der Waals surface area contributed by atoms with Gasteiger partial charge in [-0.3, -0.25) is 10.1 Å². The third-order valence-electron chi connectivity index (χ3n) is 3.40. The molecule has 1 aliphatic heterocycles. The van der Waals surface area contributed by atoms with Gasteiger partial charge in [0.15, 0.2) is 11.5 Å². The van der Waals surface area contributed by atoms with Gasteiger partial charge >= 0.3 is 6.09 Å². The van der Waals surface area contributed by atoms with Crippen molar-refractivity contribution in [3.05, 3.63) is 52.6 Å². The largest absolute Gasteiger partial charge is 0.449 e. The van der Waals surface area contributed by atoms with Gasteiger partial charge in [-0.2, -0.15) is 0 Å². The van der Waals surface area contributed by atoms with Crippen LogP contribution in [0.25, 0.3) is 0 Å². The summed E-state index contributed by atoms with van der Waals surface area (Å²) in [6.07, 6.45) is -0.699. The van der Waals surface area contributed by atoms with Gasteiger partial charge in [0.1, 0.15) is 4.90 Å². The fourth-order valence-corrected chi connectivity index (χ4v) is 3.10. The number of fused-ring (bicyclic) bond motifs is 1. The van der Waals surface area contributed by atoms with Crippen LogP contribution in [0.15, 0.2) is 47.4 Å². The lowest BCUT2D eigenvalue weighted by Crippen LogP contribution is -2.30. The topological polar surface area (TPSA) is 91.1 Å². The molecule has 2 aromatic carbocycles. The minimum absolute atomic E-state index is 0.0868. The Kier molecular flexibility index (Phi) is 4.64. The SMILES string of the molecule is CN(Sc1ccccc1[N+](=O)[O-])C(=O)Oc1cccc2c1OC(C)(C)O2. The summed E-state index contributed by atoms with van der Waals surface area (Å²) in [5, 5.41) is 11.1. The Hall–Kier alpha value is -2.94. The molecule has 0 saturated heterocycles. The molecule has 0 saturated carbocycles. The second-order valence-electron chi connectivity index (χ2n) is 5.87. The van der Waals surface area contributed by atoms with Gasteiger partial charge in [0.05, 0.1) is 4.92 Å². The van der Waals surface area contributed by atoms with E-state index in [9.17, 15) is 14.9 Å². The van der Waals surface area contributed by atoms with Crippen molar-refractivity contribution in [2.45, 2.75) is 24.5 Å². The van der Waals surface area contributed by atoms with E-state index < -0.39 is 16.8 Å². The van der Waals surface area contributed by atoms with Gasteiger partial charge in [-0.1, -0.05) is 18.2 Å². The standard InChI is InChI=1S/C17H16N2O6S/c1-17(2)24-13-9-6-8-12(15(13)25-17)23-16(20)18(3)26-14-10-5-4-7-11(14)19(21)22/h4-10H,1-3H3. The van der Waals surface area contributed by atoms with Crippen molar-refractivity contribution in [1.29, 1.82) is 0 Å². The van der Waals surface area contributed by atoms with Crippen LogP contribution in [0.2, 0.25) is 0 Å². The molecule has 0 atom stereocenters. The van der Waals surface area contributed by atoms with E-state index in [4.69, 9.17) is 14.2 Å². The number of hydrogen-bond donors (Lipinski definition) is 0. The maximum Gasteiger partial charge on any atom is 0.425 e. The molecule has 0 radical (unpaired) electrons. The van der Waals surface area contributed by atoms with Gasteiger partial charge in [-0.05, 0) is 30.1 Å². The predicted octanol–water partition coefficient (Wildman–Crippen LogP) is 4.24. The minimum Gasteiger partial charge on any atom is -0.449 e. The molecule has 1 amide bonds. The maximum atomic E-state index is 12.4. The number of rotatable bonds is 4. The lowest BCUT2D eigenvalue weighted by molar-refractivity contribution is -0.387. The van der Waals surface area contributed by atoms with E-state index in [1.165, 1.54) is 17.4 Å². The zero-order valence-electron chi connectivity index (χ0n) is 14.3. The van der Waals surface area contributed by atoms with Crippen LogP contribution >= 0.6 is 11.9 Å². The van der Waals surface area contributed by atoms with Gasteiger partial charge in [0.25, 0.3) is 5.69 Å². The lowest BCUT2D eigenvalue weighted by Gasteiger charge is -2.17. The molecule has 0 aromatic heterocycles. The Balaban J connectivity index is 1.74. The van der Waals surface area contributed by atoms with Crippen molar-refractivity contribution in [1.82, 2.24) is 4.31 Å². The fourth-order valence-electron chi connectivity index (χ4n) is 2.32. The van der Waals surface area contributed by atoms with Crippen LogP contribution in [-0.2, 0) is 0 Å². The molecular weight excluding hydrogens is 360 g/mol. The van der Waals surface area contributed by atoms with Gasteiger partial charge in [-0.15, -0.1) is 0 Å². The smallest absolute Gasteiger partial charge is 0.425 e. The van der Waals surface area contributed by atoms with E-state index in [1.807, 2.05) is 0 Å². The number of carbonyl (C=O) groups is 1. The first-order valence-corrected chi connectivity index (χ1v) is 8.42. The summed E-state index contributed by atoms with van der Waals surface area (Å²) in [6, 6.07) is 11.1. The first kappa shape index (κ1) is 17.9. The van der Waals surface area contributed by atoms with Crippen molar-refractivity contribution in [2.75, 3.05) is 7.05 Å². The molecule has 2 aromatic rings.